The number of hydrogen-bond acceptors (Lipinski definition) is 6. The molecule has 4 rings (SSSR count). The maximum Gasteiger partial charge on any atom is 0.241 e. The van der Waals surface area contributed by atoms with Crippen LogP contribution in [0.3, 0.4) is 0 Å². The molecule has 28 heavy (non-hydrogen) atoms. The number of carbonyl (C=O) groups excluding carboxylic acids is 1. The summed E-state index contributed by atoms with van der Waals surface area (Å²) in [5.74, 6) is 2.17. The van der Waals surface area contributed by atoms with Crippen LogP contribution in [0.4, 0.5) is 0 Å². The van der Waals surface area contributed by atoms with Crippen molar-refractivity contribution in [3.05, 3.63) is 47.5 Å². The lowest BCUT2D eigenvalue weighted by molar-refractivity contribution is -0.134. The Morgan fingerprint density at radius 1 is 1.14 bits per heavy atom. The second kappa shape index (κ2) is 8.38. The van der Waals surface area contributed by atoms with Gasteiger partial charge in [-0.1, -0.05) is 30.3 Å². The first-order chi connectivity index (χ1) is 13.7. The zero-order valence-corrected chi connectivity index (χ0v) is 16.2. The summed E-state index contributed by atoms with van der Waals surface area (Å²) < 4.78 is 1.87. The fraction of sp³-hybridized carbons (Fsp3) is 0.550. The van der Waals surface area contributed by atoms with Gasteiger partial charge in [0.1, 0.15) is 18.5 Å². The van der Waals surface area contributed by atoms with E-state index < -0.39 is 0 Å². The summed E-state index contributed by atoms with van der Waals surface area (Å²) in [6.07, 6.45) is 3.54. The number of aliphatic hydroxyl groups excluding tert-OH is 1. The zero-order chi connectivity index (χ0) is 19.5. The number of hydrazine groups is 1. The molecule has 0 radical (unpaired) electrons. The average molecular weight is 384 g/mol. The summed E-state index contributed by atoms with van der Waals surface area (Å²) in [6, 6.07) is 10.2. The molecule has 2 unspecified atom stereocenters. The number of amides is 1. The Bertz CT molecular complexity index is 800. The molecule has 2 aromatic rings. The number of rotatable bonds is 5. The maximum atomic E-state index is 12.9. The van der Waals surface area contributed by atoms with Gasteiger partial charge in [0.2, 0.25) is 5.91 Å². The van der Waals surface area contributed by atoms with E-state index in [-0.39, 0.29) is 24.6 Å². The molecule has 0 spiro atoms. The number of aromatic nitrogens is 3. The number of nitrogens with one attached hydrogen (secondary N) is 2. The molecule has 150 valence electrons. The highest BCUT2D eigenvalue weighted by molar-refractivity contribution is 5.82. The molecule has 0 bridgehead atoms. The molecule has 1 amide bonds. The standard InChI is InChI=1S/C20H28N6O2/c1-25-18(23-24-19(25)13-27)11-14-7-9-26(10-8-14)20(28)17-12-16(21-22-17)15-5-3-2-4-6-15/h2-6,14,16-17,21-22,27H,7-13H2,1H3. The Balaban J connectivity index is 1.28. The van der Waals surface area contributed by atoms with Gasteiger partial charge in [0.25, 0.3) is 0 Å². The van der Waals surface area contributed by atoms with Crippen molar-refractivity contribution in [2.75, 3.05) is 13.1 Å². The van der Waals surface area contributed by atoms with Crippen LogP contribution >= 0.6 is 0 Å². The fourth-order valence-electron chi connectivity index (χ4n) is 4.17. The van der Waals surface area contributed by atoms with E-state index >= 15 is 0 Å². The summed E-state index contributed by atoms with van der Waals surface area (Å²) in [4.78, 5) is 14.9. The first-order valence-electron chi connectivity index (χ1n) is 9.98. The minimum Gasteiger partial charge on any atom is -0.388 e. The normalized spacial score (nSPS) is 23.3. The van der Waals surface area contributed by atoms with Gasteiger partial charge < -0.3 is 14.6 Å². The molecule has 8 heteroatoms. The van der Waals surface area contributed by atoms with Crippen molar-refractivity contribution in [3.63, 3.8) is 0 Å². The van der Waals surface area contributed by atoms with Gasteiger partial charge in [0.05, 0.1) is 0 Å². The molecular weight excluding hydrogens is 356 g/mol. The van der Waals surface area contributed by atoms with E-state index in [0.717, 1.165) is 44.6 Å². The van der Waals surface area contributed by atoms with Gasteiger partial charge in [-0.15, -0.1) is 10.2 Å². The summed E-state index contributed by atoms with van der Waals surface area (Å²) in [5.41, 5.74) is 7.65. The Morgan fingerprint density at radius 3 is 2.54 bits per heavy atom. The van der Waals surface area contributed by atoms with Gasteiger partial charge in [-0.3, -0.25) is 4.79 Å². The Morgan fingerprint density at radius 2 is 1.86 bits per heavy atom. The highest BCUT2D eigenvalue weighted by atomic mass is 16.3. The second-order valence-electron chi connectivity index (χ2n) is 7.76. The lowest BCUT2D eigenvalue weighted by Crippen LogP contribution is -2.48. The van der Waals surface area contributed by atoms with Gasteiger partial charge in [-0.2, -0.15) is 0 Å². The molecule has 2 saturated heterocycles. The minimum atomic E-state index is -0.174. The highest BCUT2D eigenvalue weighted by Gasteiger charge is 2.34. The van der Waals surface area contributed by atoms with Crippen molar-refractivity contribution in [3.8, 4) is 0 Å². The van der Waals surface area contributed by atoms with Crippen molar-refractivity contribution < 1.29 is 9.90 Å². The van der Waals surface area contributed by atoms with Crippen LogP contribution in [-0.4, -0.2) is 49.8 Å². The van der Waals surface area contributed by atoms with Crippen LogP contribution in [0.15, 0.2) is 30.3 Å². The van der Waals surface area contributed by atoms with Crippen LogP contribution in [0.2, 0.25) is 0 Å². The van der Waals surface area contributed by atoms with Gasteiger partial charge >= 0.3 is 0 Å². The first-order valence-corrected chi connectivity index (χ1v) is 9.98. The molecule has 0 aliphatic carbocycles. The van der Waals surface area contributed by atoms with Crippen LogP contribution in [0, 0.1) is 5.92 Å². The van der Waals surface area contributed by atoms with Crippen molar-refractivity contribution in [1.82, 2.24) is 30.5 Å². The van der Waals surface area contributed by atoms with E-state index in [1.807, 2.05) is 34.7 Å². The number of nitrogens with zero attached hydrogens (tertiary/aromatic N) is 4. The Hall–Kier alpha value is -2.29. The summed E-state index contributed by atoms with van der Waals surface area (Å²) >= 11 is 0. The largest absolute Gasteiger partial charge is 0.388 e. The summed E-state index contributed by atoms with van der Waals surface area (Å²) in [5, 5.41) is 17.4. The lowest BCUT2D eigenvalue weighted by atomic mass is 9.92. The van der Waals surface area contributed by atoms with E-state index in [0.29, 0.717) is 11.7 Å². The summed E-state index contributed by atoms with van der Waals surface area (Å²) in [7, 11) is 1.89. The molecule has 1 aromatic carbocycles. The third kappa shape index (κ3) is 3.94. The number of likely N-dealkylation sites (tertiary alicyclic amines) is 1. The minimum absolute atomic E-state index is 0.0944. The molecule has 2 aliphatic heterocycles. The SMILES string of the molecule is Cn1c(CO)nnc1CC1CCN(C(=O)C2CC(c3ccccc3)NN2)CC1. The van der Waals surface area contributed by atoms with Gasteiger partial charge in [-0.25, -0.2) is 10.9 Å². The van der Waals surface area contributed by atoms with E-state index in [1.165, 1.54) is 5.56 Å². The van der Waals surface area contributed by atoms with Crippen molar-refractivity contribution in [1.29, 1.82) is 0 Å². The average Bonchev–Trinajstić information content (AvgIpc) is 3.36. The molecule has 3 heterocycles. The maximum absolute atomic E-state index is 12.9. The van der Waals surface area contributed by atoms with Crippen molar-refractivity contribution in [2.24, 2.45) is 13.0 Å². The van der Waals surface area contributed by atoms with E-state index in [1.54, 1.807) is 0 Å². The van der Waals surface area contributed by atoms with Gasteiger partial charge in [0.15, 0.2) is 5.82 Å². The van der Waals surface area contributed by atoms with Crippen molar-refractivity contribution in [2.45, 2.75) is 44.4 Å². The number of benzene rings is 1. The van der Waals surface area contributed by atoms with Crippen LogP contribution in [-0.2, 0) is 24.9 Å². The third-order valence-electron chi connectivity index (χ3n) is 6.00. The molecule has 2 atom stereocenters. The Labute approximate surface area is 164 Å². The van der Waals surface area contributed by atoms with Crippen LogP contribution < -0.4 is 10.9 Å². The first kappa shape index (κ1) is 19.0. The molecule has 8 nitrogen and oxygen atoms in total. The molecule has 3 N–H and O–H groups in total. The highest BCUT2D eigenvalue weighted by Crippen LogP contribution is 2.25. The molecular formula is C20H28N6O2. The van der Waals surface area contributed by atoms with E-state index in [4.69, 9.17) is 0 Å². The smallest absolute Gasteiger partial charge is 0.241 e. The quantitative estimate of drug-likeness (QED) is 0.702. The fourth-order valence-corrected chi connectivity index (χ4v) is 4.17. The summed E-state index contributed by atoms with van der Waals surface area (Å²) in [6.45, 7) is 1.47. The van der Waals surface area contributed by atoms with E-state index in [2.05, 4.69) is 33.2 Å². The lowest BCUT2D eigenvalue weighted by Gasteiger charge is -2.33. The predicted octanol–water partition coefficient (Wildman–Crippen LogP) is 0.696. The number of carbonyl (C=O) groups is 1. The molecule has 1 aromatic heterocycles. The predicted molar refractivity (Wildman–Crippen MR) is 104 cm³/mol. The number of hydrogen-bond donors (Lipinski definition) is 3. The van der Waals surface area contributed by atoms with Crippen LogP contribution in [0.25, 0.3) is 0 Å². The Kier molecular flexibility index (Phi) is 5.70. The molecule has 2 fully saturated rings. The topological polar surface area (TPSA) is 95.3 Å². The van der Waals surface area contributed by atoms with Crippen molar-refractivity contribution >= 4 is 5.91 Å². The second-order valence-corrected chi connectivity index (χ2v) is 7.76. The zero-order valence-electron chi connectivity index (χ0n) is 16.2. The molecule has 0 saturated carbocycles. The number of piperidine rings is 1. The van der Waals surface area contributed by atoms with Crippen LogP contribution in [0.1, 0.15) is 42.5 Å². The monoisotopic (exact) mass is 384 g/mol. The van der Waals surface area contributed by atoms with E-state index in [9.17, 15) is 9.90 Å². The van der Waals surface area contributed by atoms with Crippen LogP contribution in [0.5, 0.6) is 0 Å². The van der Waals surface area contributed by atoms with Gasteiger partial charge in [-0.05, 0) is 30.7 Å². The van der Waals surface area contributed by atoms with Gasteiger partial charge in [0, 0.05) is 32.6 Å². The number of aliphatic hydroxyl groups is 1. The molecule has 2 aliphatic rings. The third-order valence-corrected chi connectivity index (χ3v) is 6.00.